The number of nitrogens with one attached hydrogen (secondary N) is 1. The average molecular weight is 269 g/mol. The number of carbonyl (C=O) groups excluding carboxylic acids is 1. The minimum Gasteiger partial charge on any atom is -0.480 e. The zero-order valence-electron chi connectivity index (χ0n) is 10.2. The number of carboxylic acid groups (broad SMARTS) is 1. The molecule has 1 atom stereocenters. The van der Waals surface area contributed by atoms with E-state index >= 15 is 0 Å². The van der Waals surface area contributed by atoms with E-state index in [0.717, 1.165) is 25.7 Å². The van der Waals surface area contributed by atoms with Crippen LogP contribution < -0.4 is 5.32 Å². The van der Waals surface area contributed by atoms with Crippen LogP contribution in [0.1, 0.15) is 45.4 Å². The molecule has 0 unspecified atom stereocenters. The second kappa shape index (κ2) is 7.94. The molecule has 0 aliphatic carbocycles. The molecule has 0 aliphatic rings. The van der Waals surface area contributed by atoms with Crippen LogP contribution in [0.15, 0.2) is 0 Å². The first-order valence-corrected chi connectivity index (χ1v) is 5.89. The van der Waals surface area contributed by atoms with E-state index in [1.54, 1.807) is 0 Å². The van der Waals surface area contributed by atoms with Crippen molar-refractivity contribution in [1.82, 2.24) is 5.32 Å². The molecular weight excluding hydrogens is 251 g/mol. The Morgan fingerprint density at radius 1 is 1.17 bits per heavy atom. The topological polar surface area (TPSA) is 66.4 Å². The van der Waals surface area contributed by atoms with Crippen LogP contribution in [0.5, 0.6) is 0 Å². The van der Waals surface area contributed by atoms with Crippen molar-refractivity contribution in [3.63, 3.8) is 0 Å². The van der Waals surface area contributed by atoms with Crippen molar-refractivity contribution in [3.8, 4) is 0 Å². The van der Waals surface area contributed by atoms with Crippen molar-refractivity contribution in [2.75, 3.05) is 0 Å². The molecule has 0 saturated carbocycles. The summed E-state index contributed by atoms with van der Waals surface area (Å²) >= 11 is 0. The molecule has 7 heteroatoms. The van der Waals surface area contributed by atoms with Crippen LogP contribution in [-0.4, -0.2) is 29.2 Å². The van der Waals surface area contributed by atoms with Gasteiger partial charge in [-0.25, -0.2) is 4.79 Å². The molecule has 0 fully saturated rings. The molecule has 0 aromatic carbocycles. The number of rotatable bonds is 8. The molecule has 18 heavy (non-hydrogen) atoms. The summed E-state index contributed by atoms with van der Waals surface area (Å²) in [5.41, 5.74) is 0. The van der Waals surface area contributed by atoms with E-state index in [0.29, 0.717) is 6.42 Å². The third-order valence-electron chi connectivity index (χ3n) is 2.46. The first kappa shape index (κ1) is 16.7. The average Bonchev–Trinajstić information content (AvgIpc) is 2.25. The fourth-order valence-corrected chi connectivity index (χ4v) is 1.45. The summed E-state index contributed by atoms with van der Waals surface area (Å²) in [6.45, 7) is 2.02. The second-order valence-electron chi connectivity index (χ2n) is 4.06. The first-order chi connectivity index (χ1) is 8.29. The number of hydrogen-bond acceptors (Lipinski definition) is 2. The summed E-state index contributed by atoms with van der Waals surface area (Å²) in [7, 11) is 0. The smallest absolute Gasteiger partial charge is 0.471 e. The van der Waals surface area contributed by atoms with E-state index in [1.165, 1.54) is 5.32 Å². The highest BCUT2D eigenvalue weighted by Crippen LogP contribution is 2.15. The van der Waals surface area contributed by atoms with Crippen LogP contribution in [0.25, 0.3) is 0 Å². The van der Waals surface area contributed by atoms with Gasteiger partial charge < -0.3 is 10.4 Å². The van der Waals surface area contributed by atoms with Crippen LogP contribution in [0, 0.1) is 0 Å². The maximum Gasteiger partial charge on any atom is 0.471 e. The van der Waals surface area contributed by atoms with Gasteiger partial charge in [0, 0.05) is 0 Å². The Balaban J connectivity index is 4.09. The van der Waals surface area contributed by atoms with Gasteiger partial charge in [-0.3, -0.25) is 4.79 Å². The lowest BCUT2D eigenvalue weighted by Crippen LogP contribution is -2.46. The summed E-state index contributed by atoms with van der Waals surface area (Å²) in [5, 5.41) is 10.2. The fourth-order valence-electron chi connectivity index (χ4n) is 1.45. The molecule has 1 amide bonds. The zero-order chi connectivity index (χ0) is 14.2. The van der Waals surface area contributed by atoms with Gasteiger partial charge >= 0.3 is 18.1 Å². The molecular formula is C11H18F3NO3. The highest BCUT2D eigenvalue weighted by atomic mass is 19.4. The Morgan fingerprint density at radius 3 is 2.17 bits per heavy atom. The third-order valence-corrected chi connectivity index (χ3v) is 2.46. The summed E-state index contributed by atoms with van der Waals surface area (Å²) in [6, 6.07) is -1.47. The molecule has 2 N–H and O–H groups in total. The zero-order valence-corrected chi connectivity index (χ0v) is 10.2. The Labute approximate surface area is 104 Å². The Morgan fingerprint density at radius 2 is 1.72 bits per heavy atom. The van der Waals surface area contributed by atoms with Gasteiger partial charge in [0.1, 0.15) is 6.04 Å². The standard InChI is InChI=1S/C11H18F3NO3/c1-2-3-4-5-6-7-8(9(16)17)15-10(18)11(12,13)14/h8H,2-7H2,1H3,(H,15,18)(H,16,17)/t8-/m0/s1. The van der Waals surface area contributed by atoms with Gasteiger partial charge in [-0.15, -0.1) is 0 Å². The number of carbonyl (C=O) groups is 2. The lowest BCUT2D eigenvalue weighted by Gasteiger charge is -2.15. The fraction of sp³-hybridized carbons (Fsp3) is 0.818. The monoisotopic (exact) mass is 269 g/mol. The van der Waals surface area contributed by atoms with Crippen molar-refractivity contribution >= 4 is 11.9 Å². The molecule has 0 heterocycles. The van der Waals surface area contributed by atoms with Gasteiger partial charge in [0.25, 0.3) is 0 Å². The number of amides is 1. The minimum atomic E-state index is -5.05. The van der Waals surface area contributed by atoms with E-state index in [-0.39, 0.29) is 6.42 Å². The summed E-state index contributed by atoms with van der Waals surface area (Å²) < 4.78 is 35.9. The molecule has 0 bridgehead atoms. The SMILES string of the molecule is CCCCCCC[C@H](NC(=O)C(F)(F)F)C(=O)O. The summed E-state index contributed by atoms with van der Waals surface area (Å²) in [6.07, 6.45) is -0.860. The quantitative estimate of drug-likeness (QED) is 0.665. The number of aliphatic carboxylic acids is 1. The number of unbranched alkanes of at least 4 members (excludes halogenated alkanes) is 4. The second-order valence-corrected chi connectivity index (χ2v) is 4.06. The molecule has 0 saturated heterocycles. The number of carboxylic acids is 1. The highest BCUT2D eigenvalue weighted by Gasteiger charge is 2.40. The Kier molecular flexibility index (Phi) is 7.38. The molecule has 106 valence electrons. The van der Waals surface area contributed by atoms with Crippen molar-refractivity contribution in [2.24, 2.45) is 0 Å². The molecule has 0 aliphatic heterocycles. The third kappa shape index (κ3) is 7.13. The first-order valence-electron chi connectivity index (χ1n) is 5.89. The molecule has 0 spiro atoms. The normalized spacial score (nSPS) is 13.1. The lowest BCUT2D eigenvalue weighted by molar-refractivity contribution is -0.175. The van der Waals surface area contributed by atoms with Crippen molar-refractivity contribution in [3.05, 3.63) is 0 Å². The number of halogens is 3. The largest absolute Gasteiger partial charge is 0.480 e. The molecule has 0 aromatic rings. The molecule has 4 nitrogen and oxygen atoms in total. The van der Waals surface area contributed by atoms with Gasteiger partial charge in [-0.2, -0.15) is 13.2 Å². The van der Waals surface area contributed by atoms with Gasteiger partial charge in [0.05, 0.1) is 0 Å². The molecule has 0 aromatic heterocycles. The van der Waals surface area contributed by atoms with Crippen molar-refractivity contribution < 1.29 is 27.9 Å². The predicted octanol–water partition coefficient (Wildman–Crippen LogP) is 2.48. The molecule has 0 radical (unpaired) electrons. The van der Waals surface area contributed by atoms with Crippen LogP contribution in [0.2, 0.25) is 0 Å². The molecule has 0 rings (SSSR count). The van der Waals surface area contributed by atoms with Crippen LogP contribution in [-0.2, 0) is 9.59 Å². The highest BCUT2D eigenvalue weighted by molar-refractivity contribution is 5.86. The van der Waals surface area contributed by atoms with Gasteiger partial charge in [0.2, 0.25) is 0 Å². The predicted molar refractivity (Wildman–Crippen MR) is 59.0 cm³/mol. The maximum absolute atomic E-state index is 12.0. The number of alkyl halides is 3. The van der Waals surface area contributed by atoms with E-state index in [9.17, 15) is 22.8 Å². The number of hydrogen-bond donors (Lipinski definition) is 2. The van der Waals surface area contributed by atoms with E-state index in [2.05, 4.69) is 0 Å². The van der Waals surface area contributed by atoms with E-state index < -0.39 is 24.1 Å². The van der Waals surface area contributed by atoms with Crippen LogP contribution in [0.3, 0.4) is 0 Å². The van der Waals surface area contributed by atoms with Crippen LogP contribution >= 0.6 is 0 Å². The summed E-state index contributed by atoms with van der Waals surface area (Å²) in [4.78, 5) is 21.3. The van der Waals surface area contributed by atoms with Crippen molar-refractivity contribution in [1.29, 1.82) is 0 Å². The Bertz CT molecular complexity index is 279. The van der Waals surface area contributed by atoms with E-state index in [1.807, 2.05) is 6.92 Å². The Hall–Kier alpha value is -1.27. The maximum atomic E-state index is 12.0. The van der Waals surface area contributed by atoms with E-state index in [4.69, 9.17) is 5.11 Å². The summed E-state index contributed by atoms with van der Waals surface area (Å²) in [5.74, 6) is -3.65. The van der Waals surface area contributed by atoms with Gasteiger partial charge in [-0.05, 0) is 6.42 Å². The van der Waals surface area contributed by atoms with Crippen molar-refractivity contribution in [2.45, 2.75) is 57.7 Å². The van der Waals surface area contributed by atoms with Crippen LogP contribution in [0.4, 0.5) is 13.2 Å². The minimum absolute atomic E-state index is 0.0147. The van der Waals surface area contributed by atoms with Gasteiger partial charge in [0.15, 0.2) is 0 Å². The van der Waals surface area contributed by atoms with Gasteiger partial charge in [-0.1, -0.05) is 39.0 Å². The lowest BCUT2D eigenvalue weighted by atomic mass is 10.1.